The van der Waals surface area contributed by atoms with E-state index < -0.39 is 0 Å². The van der Waals surface area contributed by atoms with Gasteiger partial charge in [0.05, 0.1) is 0 Å². The van der Waals surface area contributed by atoms with Gasteiger partial charge in [-0.05, 0) is 30.4 Å². The molecular weight excluding hydrogens is 156 g/mol. The number of unbranched alkanes of at least 4 members (excludes halogenated alkanes) is 2. The van der Waals surface area contributed by atoms with Gasteiger partial charge < -0.3 is 0 Å². The van der Waals surface area contributed by atoms with Gasteiger partial charge in [0.1, 0.15) is 0 Å². The van der Waals surface area contributed by atoms with Crippen molar-refractivity contribution in [1.82, 2.24) is 0 Å². The van der Waals surface area contributed by atoms with Crippen LogP contribution in [0.25, 0.3) is 0 Å². The fourth-order valence-corrected chi connectivity index (χ4v) is 1.36. The molecule has 0 aliphatic carbocycles. The second-order valence-electron chi connectivity index (χ2n) is 3.44. The summed E-state index contributed by atoms with van der Waals surface area (Å²) in [6, 6.07) is 8.87. The molecule has 0 heterocycles. The van der Waals surface area contributed by atoms with Gasteiger partial charge in [-0.15, -0.1) is 0 Å². The van der Waals surface area contributed by atoms with E-state index in [9.17, 15) is 0 Å². The number of rotatable bonds is 5. The summed E-state index contributed by atoms with van der Waals surface area (Å²) in [6.45, 7) is 4.42. The lowest BCUT2D eigenvalue weighted by atomic mass is 10.0. The summed E-state index contributed by atoms with van der Waals surface area (Å²) in [5, 5.41) is 0. The number of aryl methyl sites for hydroxylation is 1. The molecule has 71 valence electrons. The summed E-state index contributed by atoms with van der Waals surface area (Å²) >= 11 is 0. The summed E-state index contributed by atoms with van der Waals surface area (Å²) in [7, 11) is 0. The predicted molar refractivity (Wildman–Crippen MR) is 58.7 cm³/mol. The van der Waals surface area contributed by atoms with Crippen LogP contribution in [0.1, 0.15) is 44.2 Å². The zero-order valence-electron chi connectivity index (χ0n) is 8.72. The van der Waals surface area contributed by atoms with E-state index in [1.807, 2.05) is 0 Å². The van der Waals surface area contributed by atoms with Gasteiger partial charge in [-0.2, -0.15) is 0 Å². The molecule has 0 unspecified atom stereocenters. The molecule has 0 aliphatic rings. The highest BCUT2D eigenvalue weighted by Crippen LogP contribution is 2.10. The van der Waals surface area contributed by atoms with Crippen LogP contribution in [0, 0.1) is 6.42 Å². The number of hydrogen-bond acceptors (Lipinski definition) is 0. The summed E-state index contributed by atoms with van der Waals surface area (Å²) < 4.78 is 0. The minimum atomic E-state index is 1.13. The minimum Gasteiger partial charge on any atom is -0.0654 e. The van der Waals surface area contributed by atoms with Crippen LogP contribution in [0.3, 0.4) is 0 Å². The molecule has 0 atom stereocenters. The Bertz CT molecular complexity index is 220. The highest BCUT2D eigenvalue weighted by atomic mass is 14.0. The third-order valence-corrected chi connectivity index (χ3v) is 2.33. The Morgan fingerprint density at radius 2 is 1.77 bits per heavy atom. The third kappa shape index (κ3) is 3.63. The van der Waals surface area contributed by atoms with Crippen molar-refractivity contribution in [1.29, 1.82) is 0 Å². The molecule has 13 heavy (non-hydrogen) atoms. The van der Waals surface area contributed by atoms with Gasteiger partial charge in [0.2, 0.25) is 0 Å². The van der Waals surface area contributed by atoms with Crippen LogP contribution in [-0.4, -0.2) is 0 Å². The van der Waals surface area contributed by atoms with Crippen molar-refractivity contribution in [2.24, 2.45) is 0 Å². The van der Waals surface area contributed by atoms with Gasteiger partial charge in [-0.25, -0.2) is 0 Å². The Balaban J connectivity index is 2.40. The summed E-state index contributed by atoms with van der Waals surface area (Å²) in [4.78, 5) is 0. The molecule has 0 aromatic heterocycles. The van der Waals surface area contributed by atoms with E-state index in [0.717, 1.165) is 6.42 Å². The molecule has 1 radical (unpaired) electrons. The molecule has 1 rings (SSSR count). The summed E-state index contributed by atoms with van der Waals surface area (Å²) in [6.07, 6.45) is 7.25. The average molecular weight is 175 g/mol. The Kier molecular flexibility index (Phi) is 4.59. The van der Waals surface area contributed by atoms with Gasteiger partial charge in [0.15, 0.2) is 0 Å². The van der Waals surface area contributed by atoms with E-state index in [4.69, 9.17) is 0 Å². The van der Waals surface area contributed by atoms with E-state index in [0.29, 0.717) is 0 Å². The SMILES string of the molecule is CCCC[CH]c1ccc(CC)cc1. The first-order valence-corrected chi connectivity index (χ1v) is 5.29. The second kappa shape index (κ2) is 5.80. The van der Waals surface area contributed by atoms with Crippen LogP contribution in [0.4, 0.5) is 0 Å². The second-order valence-corrected chi connectivity index (χ2v) is 3.44. The molecule has 0 aliphatic heterocycles. The normalized spacial score (nSPS) is 10.3. The predicted octanol–water partition coefficient (Wildman–Crippen LogP) is 3.99. The molecule has 0 heteroatoms. The molecular formula is C13H19. The fourth-order valence-electron chi connectivity index (χ4n) is 1.36. The van der Waals surface area contributed by atoms with Gasteiger partial charge in [0.25, 0.3) is 0 Å². The maximum atomic E-state index is 2.32. The average Bonchev–Trinajstić information content (AvgIpc) is 2.19. The maximum absolute atomic E-state index is 2.32. The van der Waals surface area contributed by atoms with Gasteiger partial charge in [0, 0.05) is 0 Å². The minimum absolute atomic E-state index is 1.13. The quantitative estimate of drug-likeness (QED) is 0.593. The Labute approximate surface area is 82.0 Å². The van der Waals surface area contributed by atoms with Crippen molar-refractivity contribution < 1.29 is 0 Å². The van der Waals surface area contributed by atoms with E-state index in [1.54, 1.807) is 0 Å². The molecule has 0 spiro atoms. The van der Waals surface area contributed by atoms with Crippen molar-refractivity contribution in [2.45, 2.75) is 39.5 Å². The Morgan fingerprint density at radius 1 is 1.08 bits per heavy atom. The van der Waals surface area contributed by atoms with E-state index >= 15 is 0 Å². The third-order valence-electron chi connectivity index (χ3n) is 2.33. The summed E-state index contributed by atoms with van der Waals surface area (Å²) in [5.74, 6) is 0. The van der Waals surface area contributed by atoms with Crippen LogP contribution in [0.2, 0.25) is 0 Å². The molecule has 0 nitrogen and oxygen atoms in total. The molecule has 0 bridgehead atoms. The first-order valence-electron chi connectivity index (χ1n) is 5.29. The fraction of sp³-hybridized carbons (Fsp3) is 0.462. The standard InChI is InChI=1S/C13H19/c1-3-5-6-7-13-10-8-12(4-2)9-11-13/h7-11H,3-6H2,1-2H3. The molecule has 0 saturated heterocycles. The van der Waals surface area contributed by atoms with Crippen LogP contribution < -0.4 is 0 Å². The molecule has 0 saturated carbocycles. The number of benzene rings is 1. The van der Waals surface area contributed by atoms with E-state index in [2.05, 4.69) is 44.5 Å². The van der Waals surface area contributed by atoms with Gasteiger partial charge in [-0.3, -0.25) is 0 Å². The first kappa shape index (κ1) is 10.3. The lowest BCUT2D eigenvalue weighted by molar-refractivity contribution is 0.791. The smallest absolute Gasteiger partial charge is 0.00931 e. The molecule has 0 fully saturated rings. The molecule has 1 aromatic carbocycles. The zero-order valence-corrected chi connectivity index (χ0v) is 8.72. The van der Waals surface area contributed by atoms with Crippen molar-refractivity contribution in [3.8, 4) is 0 Å². The molecule has 0 N–H and O–H groups in total. The topological polar surface area (TPSA) is 0 Å². The monoisotopic (exact) mass is 175 g/mol. The number of hydrogen-bond donors (Lipinski definition) is 0. The highest BCUT2D eigenvalue weighted by molar-refractivity contribution is 5.27. The van der Waals surface area contributed by atoms with Gasteiger partial charge >= 0.3 is 0 Å². The maximum Gasteiger partial charge on any atom is -0.00931 e. The van der Waals surface area contributed by atoms with E-state index in [-0.39, 0.29) is 0 Å². The Hall–Kier alpha value is -0.780. The first-order chi connectivity index (χ1) is 6.36. The zero-order chi connectivity index (χ0) is 9.52. The van der Waals surface area contributed by atoms with Crippen LogP contribution >= 0.6 is 0 Å². The van der Waals surface area contributed by atoms with Crippen LogP contribution in [0.15, 0.2) is 24.3 Å². The van der Waals surface area contributed by atoms with Crippen molar-refractivity contribution in [2.75, 3.05) is 0 Å². The lowest BCUT2D eigenvalue weighted by Crippen LogP contribution is -1.84. The van der Waals surface area contributed by atoms with Crippen LogP contribution in [-0.2, 0) is 6.42 Å². The molecule has 0 amide bonds. The van der Waals surface area contributed by atoms with Crippen LogP contribution in [0.5, 0.6) is 0 Å². The molecule has 1 aromatic rings. The highest BCUT2D eigenvalue weighted by Gasteiger charge is 1.93. The largest absolute Gasteiger partial charge is 0.0654 e. The Morgan fingerprint density at radius 3 is 2.31 bits per heavy atom. The van der Waals surface area contributed by atoms with E-state index in [1.165, 1.54) is 30.4 Å². The van der Waals surface area contributed by atoms with Crippen molar-refractivity contribution in [3.63, 3.8) is 0 Å². The lowest BCUT2D eigenvalue weighted by Gasteiger charge is -2.01. The van der Waals surface area contributed by atoms with Crippen molar-refractivity contribution in [3.05, 3.63) is 41.8 Å². The van der Waals surface area contributed by atoms with Gasteiger partial charge in [-0.1, -0.05) is 51.0 Å². The summed E-state index contributed by atoms with van der Waals surface area (Å²) in [5.41, 5.74) is 2.79. The van der Waals surface area contributed by atoms with Crippen molar-refractivity contribution >= 4 is 0 Å².